The summed E-state index contributed by atoms with van der Waals surface area (Å²) < 4.78 is 43.6. The predicted octanol–water partition coefficient (Wildman–Crippen LogP) is 5.00. The number of allylic oxidation sites excluding steroid dienone is 2. The fourth-order valence-corrected chi connectivity index (χ4v) is 5.04. The average Bonchev–Trinajstić information content (AvgIpc) is 3.34. The van der Waals surface area contributed by atoms with Crippen molar-refractivity contribution in [2.45, 2.75) is 71.0 Å². The lowest BCUT2D eigenvalue weighted by Crippen LogP contribution is -2.49. The van der Waals surface area contributed by atoms with Crippen LogP contribution < -0.4 is 4.90 Å². The van der Waals surface area contributed by atoms with Crippen molar-refractivity contribution in [2.24, 2.45) is 0 Å². The van der Waals surface area contributed by atoms with E-state index in [1.165, 1.54) is 23.1 Å². The average molecular weight is 487 g/mol. The number of aryl methyl sites for hydroxylation is 1. The topological polar surface area (TPSA) is 58.4 Å². The van der Waals surface area contributed by atoms with Crippen LogP contribution in [-0.4, -0.2) is 44.3 Å². The number of aromatic nitrogens is 2. The number of benzene rings is 1. The molecule has 9 heteroatoms. The van der Waals surface area contributed by atoms with Crippen molar-refractivity contribution < 1.29 is 22.8 Å². The molecule has 4 rings (SSSR count). The molecule has 1 aromatic carbocycles. The zero-order valence-electron chi connectivity index (χ0n) is 20.0. The number of carbonyl (C=O) groups is 2. The Hall–Kier alpha value is -3.36. The second-order valence-electron chi connectivity index (χ2n) is 8.96. The molecule has 1 saturated heterocycles. The van der Waals surface area contributed by atoms with Gasteiger partial charge < -0.3 is 9.47 Å². The largest absolute Gasteiger partial charge is 0.326 e. The molecule has 1 unspecified atom stereocenters. The van der Waals surface area contributed by atoms with E-state index in [1.54, 1.807) is 60.9 Å². The summed E-state index contributed by atoms with van der Waals surface area (Å²) in [6.45, 7) is 5.22. The number of nitrogens with zero attached hydrogens (tertiary/aromatic N) is 4. The Bertz CT molecular complexity index is 1180. The molecule has 1 aliphatic carbocycles. The highest BCUT2D eigenvalue weighted by Gasteiger charge is 2.49. The van der Waals surface area contributed by atoms with E-state index in [4.69, 9.17) is 0 Å². The standard InChI is InChI=1S/C26H29F3N4O2/c1-4-21-22(5-2)32(19-9-11-26(28,29)12-10-19)25(35)24(21)33(20-8-6-7-18(27)15-20)23(34)16-31-14-13-30-17(31)3/h4-8,13-15,19,24H,9-12,16H2,1-3H3/b21-4+,22-5+. The van der Waals surface area contributed by atoms with Gasteiger partial charge in [-0.15, -0.1) is 0 Å². The molecule has 35 heavy (non-hydrogen) atoms. The second-order valence-corrected chi connectivity index (χ2v) is 8.96. The van der Waals surface area contributed by atoms with Crippen molar-refractivity contribution in [3.8, 4) is 0 Å². The molecule has 186 valence electrons. The fraction of sp³-hybridized carbons (Fsp3) is 0.423. The van der Waals surface area contributed by atoms with Crippen molar-refractivity contribution in [3.05, 3.63) is 71.7 Å². The summed E-state index contributed by atoms with van der Waals surface area (Å²) in [5.41, 5.74) is 1.44. The zero-order valence-corrected chi connectivity index (χ0v) is 20.0. The van der Waals surface area contributed by atoms with Crippen LogP contribution in [0, 0.1) is 12.7 Å². The summed E-state index contributed by atoms with van der Waals surface area (Å²) in [6, 6.07) is 4.13. The monoisotopic (exact) mass is 486 g/mol. The van der Waals surface area contributed by atoms with Crippen molar-refractivity contribution in [2.75, 3.05) is 4.90 Å². The van der Waals surface area contributed by atoms with Crippen LogP contribution in [0.3, 0.4) is 0 Å². The van der Waals surface area contributed by atoms with E-state index < -0.39 is 29.7 Å². The molecule has 2 heterocycles. The lowest BCUT2D eigenvalue weighted by molar-refractivity contribution is -0.133. The summed E-state index contributed by atoms with van der Waals surface area (Å²) >= 11 is 0. The van der Waals surface area contributed by atoms with Crippen LogP contribution >= 0.6 is 0 Å². The molecule has 1 aliphatic heterocycles. The number of alkyl halides is 2. The van der Waals surface area contributed by atoms with Crippen LogP contribution in [-0.2, 0) is 16.1 Å². The number of hydrogen-bond acceptors (Lipinski definition) is 3. The van der Waals surface area contributed by atoms with E-state index in [1.807, 2.05) is 0 Å². The van der Waals surface area contributed by atoms with Crippen molar-refractivity contribution >= 4 is 17.5 Å². The molecule has 2 aromatic rings. The zero-order chi connectivity index (χ0) is 25.3. The van der Waals surface area contributed by atoms with Gasteiger partial charge in [-0.1, -0.05) is 18.2 Å². The van der Waals surface area contributed by atoms with Gasteiger partial charge in [-0.25, -0.2) is 18.2 Å². The molecule has 2 amide bonds. The van der Waals surface area contributed by atoms with Gasteiger partial charge in [-0.2, -0.15) is 0 Å². The Balaban J connectivity index is 1.76. The first-order valence-corrected chi connectivity index (χ1v) is 11.8. The Morgan fingerprint density at radius 1 is 1.23 bits per heavy atom. The first kappa shape index (κ1) is 24.8. The Morgan fingerprint density at radius 2 is 1.94 bits per heavy atom. The Labute approximate surface area is 202 Å². The highest BCUT2D eigenvalue weighted by atomic mass is 19.3. The van der Waals surface area contributed by atoms with E-state index in [0.29, 0.717) is 17.1 Å². The van der Waals surface area contributed by atoms with Gasteiger partial charge in [-0.05, 0) is 51.8 Å². The maximum atomic E-state index is 14.2. The first-order valence-electron chi connectivity index (χ1n) is 11.8. The number of carbonyl (C=O) groups excluding carboxylic acids is 2. The number of imidazole rings is 1. The molecular formula is C26H29F3N4O2. The minimum absolute atomic E-state index is 0.0933. The SMILES string of the molecule is C/C=C1\C(=C/C)N(C2CCC(F)(F)CC2)C(=O)C1N(C(=O)Cn1ccnc1C)c1cccc(F)c1. The van der Waals surface area contributed by atoms with Gasteiger partial charge >= 0.3 is 0 Å². The summed E-state index contributed by atoms with van der Waals surface area (Å²) in [6.07, 6.45) is 6.53. The Morgan fingerprint density at radius 3 is 2.51 bits per heavy atom. The van der Waals surface area contributed by atoms with Crippen molar-refractivity contribution in [3.63, 3.8) is 0 Å². The minimum atomic E-state index is -2.73. The molecule has 0 N–H and O–H groups in total. The van der Waals surface area contributed by atoms with Gasteiger partial charge in [-0.3, -0.25) is 14.5 Å². The van der Waals surface area contributed by atoms with E-state index in [2.05, 4.69) is 4.98 Å². The molecule has 0 bridgehead atoms. The van der Waals surface area contributed by atoms with Crippen LogP contribution in [0.1, 0.15) is 45.4 Å². The number of anilines is 1. The lowest BCUT2D eigenvalue weighted by atomic mass is 9.91. The molecule has 1 atom stereocenters. The quantitative estimate of drug-likeness (QED) is 0.598. The number of rotatable bonds is 5. The molecule has 0 spiro atoms. The molecule has 6 nitrogen and oxygen atoms in total. The lowest BCUT2D eigenvalue weighted by Gasteiger charge is -2.35. The van der Waals surface area contributed by atoms with Gasteiger partial charge in [0, 0.05) is 48.2 Å². The van der Waals surface area contributed by atoms with Crippen LogP contribution in [0.5, 0.6) is 0 Å². The van der Waals surface area contributed by atoms with Crippen LogP contribution in [0.2, 0.25) is 0 Å². The van der Waals surface area contributed by atoms with E-state index in [9.17, 15) is 22.8 Å². The smallest absolute Gasteiger partial charge is 0.255 e. The molecule has 2 fully saturated rings. The van der Waals surface area contributed by atoms with E-state index >= 15 is 0 Å². The van der Waals surface area contributed by atoms with Gasteiger partial charge in [0.1, 0.15) is 24.2 Å². The number of halogens is 3. The highest BCUT2D eigenvalue weighted by Crippen LogP contribution is 2.42. The van der Waals surface area contributed by atoms with Gasteiger partial charge in [0.25, 0.3) is 5.91 Å². The van der Waals surface area contributed by atoms with Gasteiger partial charge in [0.2, 0.25) is 11.8 Å². The number of likely N-dealkylation sites (tertiary alicyclic amines) is 1. The van der Waals surface area contributed by atoms with Crippen molar-refractivity contribution in [1.29, 1.82) is 0 Å². The van der Waals surface area contributed by atoms with Gasteiger partial charge in [0.05, 0.1) is 0 Å². The first-order chi connectivity index (χ1) is 16.7. The van der Waals surface area contributed by atoms with Crippen LogP contribution in [0.25, 0.3) is 0 Å². The third-order valence-corrected chi connectivity index (χ3v) is 6.80. The maximum Gasteiger partial charge on any atom is 0.255 e. The molecular weight excluding hydrogens is 457 g/mol. The number of hydrogen-bond donors (Lipinski definition) is 0. The third-order valence-electron chi connectivity index (χ3n) is 6.80. The van der Waals surface area contributed by atoms with Crippen molar-refractivity contribution in [1.82, 2.24) is 14.5 Å². The molecule has 1 aromatic heterocycles. The van der Waals surface area contributed by atoms with Crippen LogP contribution in [0.15, 0.2) is 60.1 Å². The summed E-state index contributed by atoms with van der Waals surface area (Å²) in [5.74, 6) is -3.43. The second kappa shape index (κ2) is 9.71. The Kier molecular flexibility index (Phi) is 6.87. The highest BCUT2D eigenvalue weighted by molar-refractivity contribution is 6.06. The summed E-state index contributed by atoms with van der Waals surface area (Å²) in [7, 11) is 0. The summed E-state index contributed by atoms with van der Waals surface area (Å²) in [4.78, 5) is 34.6. The van der Waals surface area contributed by atoms with Gasteiger partial charge in [0.15, 0.2) is 0 Å². The summed E-state index contributed by atoms with van der Waals surface area (Å²) in [5, 5.41) is 0. The molecule has 2 aliphatic rings. The molecule has 0 radical (unpaired) electrons. The predicted molar refractivity (Wildman–Crippen MR) is 126 cm³/mol. The fourth-order valence-electron chi connectivity index (χ4n) is 5.04. The van der Waals surface area contributed by atoms with Crippen LogP contribution in [0.4, 0.5) is 18.9 Å². The third kappa shape index (κ3) is 4.76. The molecule has 1 saturated carbocycles. The van der Waals surface area contributed by atoms with E-state index in [-0.39, 0.29) is 43.8 Å². The normalized spacial score (nSPS) is 22.9. The maximum absolute atomic E-state index is 14.2. The number of amides is 2. The van der Waals surface area contributed by atoms with E-state index in [0.717, 1.165) is 0 Å². The minimum Gasteiger partial charge on any atom is -0.326 e.